The number of aliphatic hydroxyl groups is 2. The number of aliphatic hydroxyl groups excluding tert-OH is 2. The Kier molecular flexibility index (Phi) is 10.9. The van der Waals surface area contributed by atoms with Gasteiger partial charge in [0.1, 0.15) is 30.5 Å². The molecule has 2 aromatic heterocycles. The molecule has 3 aliphatic rings. The van der Waals surface area contributed by atoms with Crippen LogP contribution in [0.1, 0.15) is 42.8 Å². The quantitative estimate of drug-likeness (QED) is 0.137. The number of nitrogens with zero attached hydrogens (tertiary/aromatic N) is 2. The molecule has 19 heteroatoms. The summed E-state index contributed by atoms with van der Waals surface area (Å²) in [7, 11) is 1.19. The molecule has 3 amide bonds. The zero-order valence-electron chi connectivity index (χ0n) is 26.3. The van der Waals surface area contributed by atoms with Gasteiger partial charge in [-0.1, -0.05) is 0 Å². The van der Waals surface area contributed by atoms with Gasteiger partial charge in [0, 0.05) is 37.8 Å². The zero-order chi connectivity index (χ0) is 35.4. The van der Waals surface area contributed by atoms with Crippen molar-refractivity contribution in [3.8, 4) is 0 Å². The molecule has 1 unspecified atom stereocenters. The molecular formula is C30H36N6O13. The molecule has 10 atom stereocenters. The maximum absolute atomic E-state index is 13.1. The Labute approximate surface area is 277 Å². The molecule has 19 nitrogen and oxygen atoms in total. The van der Waals surface area contributed by atoms with Gasteiger partial charge in [-0.05, 0) is 44.4 Å². The molecular weight excluding hydrogens is 652 g/mol. The second-order valence-electron chi connectivity index (χ2n) is 11.6. The Hall–Kier alpha value is -4.95. The molecule has 0 bridgehead atoms. The van der Waals surface area contributed by atoms with Gasteiger partial charge in [0.15, 0.2) is 24.2 Å². The largest absolute Gasteiger partial charge is 0.456 e. The number of pyridine rings is 1. The minimum atomic E-state index is -1.91. The fourth-order valence-corrected chi connectivity index (χ4v) is 5.71. The maximum Gasteiger partial charge on any atom is 0.338 e. The van der Waals surface area contributed by atoms with Gasteiger partial charge in [-0.3, -0.25) is 33.7 Å². The number of carbonyl (C=O) groups is 4. The monoisotopic (exact) mass is 688 g/mol. The molecule has 0 saturated carbocycles. The van der Waals surface area contributed by atoms with Gasteiger partial charge < -0.3 is 50.3 Å². The third kappa shape index (κ3) is 7.86. The number of aromatic nitrogens is 3. The Morgan fingerprint density at radius 1 is 1.12 bits per heavy atom. The van der Waals surface area contributed by atoms with Crippen LogP contribution in [0, 0.1) is 0 Å². The highest BCUT2D eigenvalue weighted by atomic mass is 16.7. The van der Waals surface area contributed by atoms with E-state index < -0.39 is 95.9 Å². The van der Waals surface area contributed by atoms with E-state index in [1.54, 1.807) is 0 Å². The first-order valence-corrected chi connectivity index (χ1v) is 15.3. The summed E-state index contributed by atoms with van der Waals surface area (Å²) in [6.07, 6.45) is -6.97. The minimum Gasteiger partial charge on any atom is -0.456 e. The summed E-state index contributed by atoms with van der Waals surface area (Å²) < 4.78 is 29.5. The second-order valence-corrected chi connectivity index (χ2v) is 11.6. The number of ether oxygens (including phenoxy) is 5. The highest BCUT2D eigenvalue weighted by Gasteiger charge is 2.55. The first-order valence-electron chi connectivity index (χ1n) is 15.3. The number of methoxy groups -OCH3 is 1. The fourth-order valence-electron chi connectivity index (χ4n) is 5.71. The van der Waals surface area contributed by atoms with Gasteiger partial charge in [-0.25, -0.2) is 9.59 Å². The lowest BCUT2D eigenvalue weighted by Crippen LogP contribution is -2.54. The van der Waals surface area contributed by atoms with Crippen molar-refractivity contribution < 1.29 is 53.1 Å². The van der Waals surface area contributed by atoms with E-state index >= 15 is 0 Å². The van der Waals surface area contributed by atoms with E-state index in [1.165, 1.54) is 31.6 Å². The number of amides is 3. The Balaban J connectivity index is 1.40. The predicted molar refractivity (Wildman–Crippen MR) is 162 cm³/mol. The summed E-state index contributed by atoms with van der Waals surface area (Å²) in [5.74, 6) is -3.91. The summed E-state index contributed by atoms with van der Waals surface area (Å²) in [6, 6.07) is 2.75. The van der Waals surface area contributed by atoms with E-state index in [4.69, 9.17) is 29.4 Å². The molecule has 2 aromatic rings. The SMILES string of the molecule is CO[C@H]1[C@@H](OC(=O)c2ccncc2)[C@H](n2ccc(=O)[nH]c2=O)O[C@@H]1[C@H](O[C@H]1OC(C(=O)NC2CCC[C@@H](C)NC2=O)=C[C@H](O)[C@@H]1O)C(N)=O. The normalized spacial score (nSPS) is 30.6. The van der Waals surface area contributed by atoms with Crippen molar-refractivity contribution in [3.63, 3.8) is 0 Å². The van der Waals surface area contributed by atoms with Gasteiger partial charge in [0.05, 0.1) is 5.56 Å². The number of hydrogen-bond donors (Lipinski definition) is 6. The molecule has 0 spiro atoms. The number of primary amides is 1. The summed E-state index contributed by atoms with van der Waals surface area (Å²) in [4.78, 5) is 82.1. The number of esters is 1. The number of nitrogens with one attached hydrogen (secondary N) is 3. The summed E-state index contributed by atoms with van der Waals surface area (Å²) in [5.41, 5.74) is 4.08. The van der Waals surface area contributed by atoms with Gasteiger partial charge >= 0.3 is 11.7 Å². The first kappa shape index (κ1) is 35.4. The molecule has 2 saturated heterocycles. The summed E-state index contributed by atoms with van der Waals surface area (Å²) in [5, 5.41) is 26.6. The van der Waals surface area contributed by atoms with Crippen LogP contribution in [0.25, 0.3) is 0 Å². The fraction of sp³-hybridized carbons (Fsp3) is 0.500. The smallest absolute Gasteiger partial charge is 0.338 e. The summed E-state index contributed by atoms with van der Waals surface area (Å²) in [6.45, 7) is 1.83. The third-order valence-electron chi connectivity index (χ3n) is 8.20. The van der Waals surface area contributed by atoms with Crippen LogP contribution in [0.5, 0.6) is 0 Å². The van der Waals surface area contributed by atoms with Crippen molar-refractivity contribution in [1.29, 1.82) is 0 Å². The summed E-state index contributed by atoms with van der Waals surface area (Å²) >= 11 is 0. The Morgan fingerprint density at radius 2 is 1.86 bits per heavy atom. The molecule has 0 radical (unpaired) electrons. The number of rotatable bonds is 10. The van der Waals surface area contributed by atoms with E-state index in [9.17, 15) is 39.0 Å². The molecule has 3 aliphatic heterocycles. The van der Waals surface area contributed by atoms with Crippen molar-refractivity contribution in [2.75, 3.05) is 7.11 Å². The average molecular weight is 689 g/mol. The van der Waals surface area contributed by atoms with Crippen molar-refractivity contribution >= 4 is 23.7 Å². The van der Waals surface area contributed by atoms with Crippen LogP contribution in [0.2, 0.25) is 0 Å². The topological polar surface area (TPSA) is 273 Å². The maximum atomic E-state index is 13.1. The molecule has 7 N–H and O–H groups in total. The van der Waals surface area contributed by atoms with E-state index in [-0.39, 0.29) is 11.6 Å². The van der Waals surface area contributed by atoms with Crippen LogP contribution in [-0.4, -0.2) is 111 Å². The Bertz CT molecular complexity index is 1700. The van der Waals surface area contributed by atoms with Gasteiger partial charge in [-0.2, -0.15) is 0 Å². The van der Waals surface area contributed by atoms with Crippen molar-refractivity contribution in [2.24, 2.45) is 5.73 Å². The molecule has 0 aromatic carbocycles. The zero-order valence-corrected chi connectivity index (χ0v) is 26.3. The lowest BCUT2D eigenvalue weighted by molar-refractivity contribution is -0.241. The van der Waals surface area contributed by atoms with Crippen LogP contribution in [0.4, 0.5) is 0 Å². The van der Waals surface area contributed by atoms with Gasteiger partial charge in [0.25, 0.3) is 11.5 Å². The van der Waals surface area contributed by atoms with Gasteiger partial charge in [-0.15, -0.1) is 0 Å². The number of aromatic amines is 1. The van der Waals surface area contributed by atoms with Crippen molar-refractivity contribution in [3.05, 3.63) is 75.0 Å². The predicted octanol–water partition coefficient (Wildman–Crippen LogP) is -2.92. The van der Waals surface area contributed by atoms with E-state index in [2.05, 4.69) is 20.6 Å². The van der Waals surface area contributed by atoms with Crippen LogP contribution >= 0.6 is 0 Å². The molecule has 49 heavy (non-hydrogen) atoms. The number of hydrogen-bond acceptors (Lipinski definition) is 14. The minimum absolute atomic E-state index is 0.0738. The average Bonchev–Trinajstić information content (AvgIpc) is 3.32. The van der Waals surface area contributed by atoms with E-state index in [0.717, 1.165) is 22.9 Å². The molecule has 5 heterocycles. The lowest BCUT2D eigenvalue weighted by atomic mass is 10.0. The molecule has 5 rings (SSSR count). The number of H-pyrrole nitrogens is 1. The molecule has 264 valence electrons. The van der Waals surface area contributed by atoms with Crippen LogP contribution in [0.3, 0.4) is 0 Å². The molecule has 2 fully saturated rings. The molecule has 0 aliphatic carbocycles. The second kappa shape index (κ2) is 15.1. The van der Waals surface area contributed by atoms with Crippen molar-refractivity contribution in [2.45, 2.75) is 87.4 Å². The van der Waals surface area contributed by atoms with Crippen LogP contribution < -0.4 is 27.6 Å². The van der Waals surface area contributed by atoms with Crippen LogP contribution in [-0.2, 0) is 38.1 Å². The highest BCUT2D eigenvalue weighted by molar-refractivity contribution is 5.95. The van der Waals surface area contributed by atoms with E-state index in [0.29, 0.717) is 19.3 Å². The number of nitrogens with two attached hydrogens (primary N) is 1. The number of carbonyl (C=O) groups excluding carboxylic acids is 4. The standard InChI is InChI=1S/C30H36N6O13/c1-13-4-3-5-15(25(41)33-13)34-26(42)17-12-16(37)19(39)29(46-17)49-22(24(31)40)21-20(45-2)23(48-28(43)14-6-9-32-10-7-14)27(47-21)36-11-8-18(38)35-30(36)44/h6-13,15-16,19-23,27,29,37,39H,3-5H2,1-2H3,(H2,31,40)(H,33,41)(H,34,42)(H,35,38,44)/t13-,15?,16+,19+,20-,21+,22+,23-,27-,29-/m1/s1. The van der Waals surface area contributed by atoms with Gasteiger partial charge in [0.2, 0.25) is 18.1 Å². The van der Waals surface area contributed by atoms with Crippen LogP contribution in [0.15, 0.2) is 58.2 Å². The Morgan fingerprint density at radius 3 is 2.53 bits per heavy atom. The third-order valence-corrected chi connectivity index (χ3v) is 8.20. The lowest BCUT2D eigenvalue weighted by Gasteiger charge is -2.35. The van der Waals surface area contributed by atoms with E-state index in [1.807, 2.05) is 6.92 Å². The highest BCUT2D eigenvalue weighted by Crippen LogP contribution is 2.36. The van der Waals surface area contributed by atoms with Crippen molar-refractivity contribution in [1.82, 2.24) is 25.2 Å². The first-order chi connectivity index (χ1) is 23.4.